The van der Waals surface area contributed by atoms with E-state index < -0.39 is 0 Å². The highest BCUT2D eigenvalue weighted by Gasteiger charge is 2.18. The van der Waals surface area contributed by atoms with Crippen LogP contribution in [0.2, 0.25) is 0 Å². The van der Waals surface area contributed by atoms with E-state index in [4.69, 9.17) is 4.42 Å². The topological polar surface area (TPSA) is 59.3 Å². The third kappa shape index (κ3) is 3.60. The van der Waals surface area contributed by atoms with Crippen LogP contribution in [-0.4, -0.2) is 17.4 Å². The number of nitrogens with one attached hydrogen (secondary N) is 1. The van der Waals surface area contributed by atoms with Gasteiger partial charge in [-0.2, -0.15) is 0 Å². The van der Waals surface area contributed by atoms with Gasteiger partial charge in [0.05, 0.1) is 4.58 Å². The molecule has 0 unspecified atom stereocenters. The van der Waals surface area contributed by atoms with Crippen LogP contribution < -0.4 is 10.9 Å². The van der Waals surface area contributed by atoms with E-state index in [1.165, 1.54) is 23.1 Å². The first-order valence-corrected chi connectivity index (χ1v) is 9.97. The summed E-state index contributed by atoms with van der Waals surface area (Å²) in [6.45, 7) is 0. The molecule has 1 aliphatic heterocycles. The Morgan fingerprint density at radius 2 is 1.76 bits per heavy atom. The molecule has 1 saturated heterocycles. The van der Waals surface area contributed by atoms with Gasteiger partial charge in [0.2, 0.25) is 0 Å². The van der Waals surface area contributed by atoms with Gasteiger partial charge < -0.3 is 9.73 Å². The molecule has 0 atom stereocenters. The van der Waals surface area contributed by atoms with Crippen molar-refractivity contribution in [2.75, 3.05) is 16.8 Å². The first kappa shape index (κ1) is 16.3. The second-order valence-electron chi connectivity index (χ2n) is 5.66. The molecule has 6 heteroatoms. The van der Waals surface area contributed by atoms with Gasteiger partial charge in [-0.1, -0.05) is 12.1 Å². The van der Waals surface area contributed by atoms with E-state index in [1.54, 1.807) is 24.3 Å². The molecular weight excluding hydrogens is 354 g/mol. The lowest BCUT2D eigenvalue weighted by Gasteiger charge is -2.10. The van der Waals surface area contributed by atoms with E-state index in [1.807, 2.05) is 47.8 Å². The van der Waals surface area contributed by atoms with Crippen LogP contribution in [0.4, 0.5) is 5.69 Å². The highest BCUT2D eigenvalue weighted by atomic mass is 32.2. The van der Waals surface area contributed by atoms with Gasteiger partial charge >= 0.3 is 5.63 Å². The molecule has 4 rings (SSSR count). The SMILES string of the molecule is O=C(Nc1ccc2oc(=O)ccc2c1)c1ccc(C2SCCS2)cc1. The van der Waals surface area contributed by atoms with Gasteiger partial charge in [-0.3, -0.25) is 4.79 Å². The molecule has 1 aromatic heterocycles. The lowest BCUT2D eigenvalue weighted by molar-refractivity contribution is 0.102. The van der Waals surface area contributed by atoms with Crippen LogP contribution >= 0.6 is 23.5 Å². The summed E-state index contributed by atoms with van der Waals surface area (Å²) in [5.74, 6) is 2.20. The molecule has 0 spiro atoms. The van der Waals surface area contributed by atoms with Gasteiger partial charge in [0.15, 0.2) is 0 Å². The summed E-state index contributed by atoms with van der Waals surface area (Å²) in [5, 5.41) is 3.65. The number of benzene rings is 2. The minimum Gasteiger partial charge on any atom is -0.423 e. The van der Waals surface area contributed by atoms with Crippen LogP contribution in [0.1, 0.15) is 20.5 Å². The van der Waals surface area contributed by atoms with E-state index in [-0.39, 0.29) is 11.5 Å². The molecule has 0 bridgehead atoms. The number of carbonyl (C=O) groups is 1. The largest absolute Gasteiger partial charge is 0.423 e. The van der Waals surface area contributed by atoms with Crippen molar-refractivity contribution < 1.29 is 9.21 Å². The molecule has 25 heavy (non-hydrogen) atoms. The summed E-state index contributed by atoms with van der Waals surface area (Å²) < 4.78 is 5.57. The van der Waals surface area contributed by atoms with Crippen molar-refractivity contribution in [3.63, 3.8) is 0 Å². The number of hydrogen-bond acceptors (Lipinski definition) is 5. The molecule has 0 radical (unpaired) electrons. The standard InChI is InChI=1S/C19H15NO3S2/c21-17-8-5-14-11-15(6-7-16(14)23-17)20-18(22)12-1-3-13(4-2-12)19-24-9-10-25-19/h1-8,11,19H,9-10H2,(H,20,22). The minimum absolute atomic E-state index is 0.157. The lowest BCUT2D eigenvalue weighted by Crippen LogP contribution is -2.11. The average Bonchev–Trinajstić information content (AvgIpc) is 3.17. The van der Waals surface area contributed by atoms with Crippen LogP contribution in [-0.2, 0) is 0 Å². The number of rotatable bonds is 3. The summed E-state index contributed by atoms with van der Waals surface area (Å²) in [5.41, 5.74) is 2.66. The summed E-state index contributed by atoms with van der Waals surface area (Å²) in [4.78, 5) is 23.7. The summed E-state index contributed by atoms with van der Waals surface area (Å²) in [6.07, 6.45) is 0. The van der Waals surface area contributed by atoms with E-state index >= 15 is 0 Å². The normalized spacial score (nSPS) is 14.7. The van der Waals surface area contributed by atoms with Crippen LogP contribution in [0, 0.1) is 0 Å². The summed E-state index contributed by atoms with van der Waals surface area (Å²) in [7, 11) is 0. The smallest absolute Gasteiger partial charge is 0.336 e. The van der Waals surface area contributed by atoms with Crippen molar-refractivity contribution in [3.05, 3.63) is 76.1 Å². The van der Waals surface area contributed by atoms with Crippen LogP contribution in [0.25, 0.3) is 11.0 Å². The quantitative estimate of drug-likeness (QED) is 0.688. The predicted octanol–water partition coefficient (Wildman–Crippen LogP) is 4.52. The lowest BCUT2D eigenvalue weighted by atomic mass is 10.1. The van der Waals surface area contributed by atoms with E-state index in [0.29, 0.717) is 21.4 Å². The Hall–Kier alpha value is -2.18. The van der Waals surface area contributed by atoms with Crippen molar-refractivity contribution in [2.45, 2.75) is 4.58 Å². The minimum atomic E-state index is -0.386. The number of carbonyl (C=O) groups excluding carboxylic acids is 1. The first-order chi connectivity index (χ1) is 12.2. The fraction of sp³-hybridized carbons (Fsp3) is 0.158. The Balaban J connectivity index is 1.51. The van der Waals surface area contributed by atoms with Gasteiger partial charge in [-0.15, -0.1) is 23.5 Å². The second-order valence-corrected chi connectivity index (χ2v) is 8.38. The van der Waals surface area contributed by atoms with Crippen molar-refractivity contribution in [2.24, 2.45) is 0 Å². The number of fused-ring (bicyclic) bond motifs is 1. The second kappa shape index (κ2) is 6.98. The molecular formula is C19H15NO3S2. The average molecular weight is 369 g/mol. The molecule has 4 nitrogen and oxygen atoms in total. The maximum absolute atomic E-state index is 12.4. The van der Waals surface area contributed by atoms with Gasteiger partial charge in [-0.05, 0) is 42.0 Å². The Bertz CT molecular complexity index is 976. The fourth-order valence-corrected chi connectivity index (χ4v) is 5.55. The number of thioether (sulfide) groups is 2. The molecule has 2 aromatic carbocycles. The molecule has 0 saturated carbocycles. The number of anilines is 1. The van der Waals surface area contributed by atoms with Gasteiger partial charge in [0.25, 0.3) is 5.91 Å². The molecule has 2 heterocycles. The monoisotopic (exact) mass is 369 g/mol. The molecule has 1 fully saturated rings. The maximum Gasteiger partial charge on any atom is 0.336 e. The summed E-state index contributed by atoms with van der Waals surface area (Å²) >= 11 is 3.89. The van der Waals surface area contributed by atoms with E-state index in [0.717, 1.165) is 5.39 Å². The predicted molar refractivity (Wildman–Crippen MR) is 105 cm³/mol. The van der Waals surface area contributed by atoms with Crippen molar-refractivity contribution >= 4 is 46.1 Å². The highest BCUT2D eigenvalue weighted by molar-refractivity contribution is 8.19. The van der Waals surface area contributed by atoms with Crippen molar-refractivity contribution in [1.82, 2.24) is 0 Å². The van der Waals surface area contributed by atoms with Gasteiger partial charge in [0.1, 0.15) is 5.58 Å². The molecule has 1 amide bonds. The molecule has 126 valence electrons. The van der Waals surface area contributed by atoms with Gasteiger partial charge in [-0.25, -0.2) is 4.79 Å². The van der Waals surface area contributed by atoms with Crippen LogP contribution in [0.15, 0.2) is 63.8 Å². The van der Waals surface area contributed by atoms with Gasteiger partial charge in [0, 0.05) is 34.2 Å². The number of hydrogen-bond donors (Lipinski definition) is 1. The zero-order valence-electron chi connectivity index (χ0n) is 13.2. The Morgan fingerprint density at radius 3 is 2.52 bits per heavy atom. The third-order valence-corrected chi connectivity index (χ3v) is 7.05. The van der Waals surface area contributed by atoms with Crippen molar-refractivity contribution in [3.8, 4) is 0 Å². The zero-order chi connectivity index (χ0) is 17.2. The molecule has 0 aliphatic carbocycles. The molecule has 1 aliphatic rings. The first-order valence-electron chi connectivity index (χ1n) is 7.87. The molecule has 1 N–H and O–H groups in total. The maximum atomic E-state index is 12.4. The Kier molecular flexibility index (Phi) is 4.55. The van der Waals surface area contributed by atoms with Crippen LogP contribution in [0.5, 0.6) is 0 Å². The highest BCUT2D eigenvalue weighted by Crippen LogP contribution is 2.45. The van der Waals surface area contributed by atoms with Crippen LogP contribution in [0.3, 0.4) is 0 Å². The molecule has 3 aromatic rings. The fourth-order valence-electron chi connectivity index (χ4n) is 2.70. The third-order valence-electron chi connectivity index (χ3n) is 3.94. The Morgan fingerprint density at radius 1 is 1.00 bits per heavy atom. The Labute approximate surface area is 153 Å². The summed E-state index contributed by atoms with van der Waals surface area (Å²) in [6, 6.07) is 16.0. The number of amides is 1. The van der Waals surface area contributed by atoms with E-state index in [9.17, 15) is 9.59 Å². The van der Waals surface area contributed by atoms with Crippen molar-refractivity contribution in [1.29, 1.82) is 0 Å². The van der Waals surface area contributed by atoms with E-state index in [2.05, 4.69) is 5.32 Å². The zero-order valence-corrected chi connectivity index (χ0v) is 14.9.